The molecule has 4 aromatic rings. The van der Waals surface area contributed by atoms with Gasteiger partial charge in [-0.3, -0.25) is 15.0 Å². The van der Waals surface area contributed by atoms with Crippen LogP contribution in [0.3, 0.4) is 0 Å². The second-order valence-electron chi connectivity index (χ2n) is 7.30. The van der Waals surface area contributed by atoms with Gasteiger partial charge in [-0.2, -0.15) is 0 Å². The van der Waals surface area contributed by atoms with Crippen molar-refractivity contribution in [1.82, 2.24) is 15.4 Å². The summed E-state index contributed by atoms with van der Waals surface area (Å²) in [5.74, 6) is -0.133. The molecular weight excluding hydrogens is 430 g/mol. The average molecular weight is 448 g/mol. The molecule has 0 radical (unpaired) electrons. The maximum absolute atomic E-state index is 13.3. The average Bonchev–Trinajstić information content (AvgIpc) is 3.43. The Balaban J connectivity index is 1.79. The van der Waals surface area contributed by atoms with Crippen molar-refractivity contribution in [2.45, 2.75) is 13.0 Å². The zero-order valence-corrected chi connectivity index (χ0v) is 18.1. The molecule has 1 aliphatic rings. The number of hydrogen-bond donors (Lipinski definition) is 2. The van der Waals surface area contributed by atoms with Gasteiger partial charge in [0.05, 0.1) is 11.3 Å². The van der Waals surface area contributed by atoms with Crippen LogP contribution < -0.4 is 11.0 Å². The highest BCUT2D eigenvalue weighted by Crippen LogP contribution is 2.38. The molecule has 7 heteroatoms. The zero-order chi connectivity index (χ0) is 21.5. The molecule has 0 saturated carbocycles. The summed E-state index contributed by atoms with van der Waals surface area (Å²) in [5, 5.41) is 4.94. The van der Waals surface area contributed by atoms with Gasteiger partial charge in [-0.15, -0.1) is 11.3 Å². The smallest absolute Gasteiger partial charge is 0.258 e. The van der Waals surface area contributed by atoms with Gasteiger partial charge in [-0.05, 0) is 41.3 Å². The second kappa shape index (κ2) is 7.72. The Kier molecular flexibility index (Phi) is 4.88. The number of carbonyl (C=O) groups excluding carboxylic acids is 1. The Morgan fingerprint density at radius 2 is 1.87 bits per heavy atom. The predicted molar refractivity (Wildman–Crippen MR) is 126 cm³/mol. The van der Waals surface area contributed by atoms with Gasteiger partial charge in [0.15, 0.2) is 0 Å². The lowest BCUT2D eigenvalue weighted by molar-refractivity contribution is -0.131. The number of thiophene rings is 1. The fraction of sp³-hybridized carbons (Fsp3) is 0.0833. The van der Waals surface area contributed by atoms with Crippen LogP contribution in [0.2, 0.25) is 5.02 Å². The molecule has 0 unspecified atom stereocenters. The summed E-state index contributed by atoms with van der Waals surface area (Å²) in [6.07, 6.45) is 1.93. The number of hydrazine groups is 1. The minimum atomic E-state index is -0.286. The van der Waals surface area contributed by atoms with Crippen molar-refractivity contribution in [2.24, 2.45) is 0 Å². The molecule has 0 fully saturated rings. The van der Waals surface area contributed by atoms with Crippen molar-refractivity contribution in [3.8, 4) is 11.1 Å². The fourth-order valence-electron chi connectivity index (χ4n) is 3.98. The van der Waals surface area contributed by atoms with E-state index < -0.39 is 0 Å². The van der Waals surface area contributed by atoms with Crippen LogP contribution in [0.15, 0.2) is 76.9 Å². The van der Waals surface area contributed by atoms with Crippen LogP contribution in [0, 0.1) is 0 Å². The van der Waals surface area contributed by atoms with Crippen LogP contribution in [-0.4, -0.2) is 15.9 Å². The van der Waals surface area contributed by atoms with Gasteiger partial charge in [0, 0.05) is 33.3 Å². The normalized spacial score (nSPS) is 15.7. The van der Waals surface area contributed by atoms with Crippen LogP contribution >= 0.6 is 22.9 Å². The SMILES string of the molecule is CC(=O)N1NC(c2c(-c3ccccc3)c3cc(Cl)ccc3[nH]c2=O)=C[C@H]1c1cccs1. The van der Waals surface area contributed by atoms with Crippen molar-refractivity contribution in [2.75, 3.05) is 0 Å². The minimum Gasteiger partial charge on any atom is -0.321 e. The van der Waals surface area contributed by atoms with E-state index in [0.29, 0.717) is 21.8 Å². The van der Waals surface area contributed by atoms with Gasteiger partial charge >= 0.3 is 0 Å². The van der Waals surface area contributed by atoms with E-state index in [1.165, 1.54) is 6.92 Å². The van der Waals surface area contributed by atoms with Gasteiger partial charge in [-0.1, -0.05) is 48.0 Å². The van der Waals surface area contributed by atoms with E-state index in [1.54, 1.807) is 22.4 Å². The quantitative estimate of drug-likeness (QED) is 0.444. The first kappa shape index (κ1) is 19.6. The molecule has 5 nitrogen and oxygen atoms in total. The number of amides is 1. The van der Waals surface area contributed by atoms with E-state index in [4.69, 9.17) is 11.6 Å². The highest BCUT2D eigenvalue weighted by Gasteiger charge is 2.32. The van der Waals surface area contributed by atoms with Gasteiger partial charge in [-0.25, -0.2) is 5.01 Å². The summed E-state index contributed by atoms with van der Waals surface area (Å²) >= 11 is 7.88. The third-order valence-electron chi connectivity index (χ3n) is 5.33. The summed E-state index contributed by atoms with van der Waals surface area (Å²) < 4.78 is 0. The van der Waals surface area contributed by atoms with Crippen molar-refractivity contribution in [3.05, 3.63) is 97.9 Å². The van der Waals surface area contributed by atoms with Gasteiger partial charge < -0.3 is 4.98 Å². The number of rotatable bonds is 3. The number of nitrogens with one attached hydrogen (secondary N) is 2. The van der Waals surface area contributed by atoms with Crippen molar-refractivity contribution < 1.29 is 4.79 Å². The Hall–Kier alpha value is -3.35. The molecule has 0 bridgehead atoms. The molecule has 2 N–H and O–H groups in total. The van der Waals surface area contributed by atoms with Gasteiger partial charge in [0.2, 0.25) is 5.91 Å². The molecule has 154 valence electrons. The highest BCUT2D eigenvalue weighted by atomic mass is 35.5. The molecule has 1 atom stereocenters. The molecule has 31 heavy (non-hydrogen) atoms. The number of nitrogens with zero attached hydrogens (tertiary/aromatic N) is 1. The van der Waals surface area contributed by atoms with Crippen LogP contribution in [0.25, 0.3) is 27.7 Å². The topological polar surface area (TPSA) is 65.2 Å². The second-order valence-corrected chi connectivity index (χ2v) is 8.72. The number of H-pyrrole nitrogens is 1. The summed E-state index contributed by atoms with van der Waals surface area (Å²) in [5.41, 5.74) is 6.38. The largest absolute Gasteiger partial charge is 0.321 e. The van der Waals surface area contributed by atoms with E-state index in [0.717, 1.165) is 21.4 Å². The molecular formula is C24H18ClN3O2S. The van der Waals surface area contributed by atoms with E-state index in [9.17, 15) is 9.59 Å². The van der Waals surface area contributed by atoms with E-state index in [2.05, 4.69) is 10.4 Å². The number of fused-ring (bicyclic) bond motifs is 1. The first-order chi connectivity index (χ1) is 15.0. The number of pyridine rings is 1. The molecule has 2 aromatic heterocycles. The number of halogens is 1. The summed E-state index contributed by atoms with van der Waals surface area (Å²) in [6, 6.07) is 18.8. The molecule has 0 saturated heterocycles. The lowest BCUT2D eigenvalue weighted by Crippen LogP contribution is -2.38. The Labute approximate surface area is 187 Å². The number of hydrogen-bond acceptors (Lipinski definition) is 4. The van der Waals surface area contributed by atoms with Crippen LogP contribution in [0.5, 0.6) is 0 Å². The first-order valence-electron chi connectivity index (χ1n) is 9.76. The van der Waals surface area contributed by atoms with Gasteiger partial charge in [0.25, 0.3) is 5.56 Å². The zero-order valence-electron chi connectivity index (χ0n) is 16.6. The number of benzene rings is 2. The standard InChI is InChI=1S/C24H18ClN3O2S/c1-14(29)28-20(21-8-5-11-31-21)13-19(27-28)23-22(15-6-3-2-4-7-15)17-12-16(25)9-10-18(17)26-24(23)30/h2-13,20,27H,1H3,(H,26,30)/t20-/m0/s1. The minimum absolute atomic E-state index is 0.133. The highest BCUT2D eigenvalue weighted by molar-refractivity contribution is 7.10. The van der Waals surface area contributed by atoms with Crippen LogP contribution in [-0.2, 0) is 4.79 Å². The number of carbonyl (C=O) groups is 1. The van der Waals surface area contributed by atoms with E-state index in [1.807, 2.05) is 66.1 Å². The molecule has 0 aliphatic carbocycles. The molecule has 2 aromatic carbocycles. The number of aromatic nitrogens is 1. The van der Waals surface area contributed by atoms with Gasteiger partial charge in [0.1, 0.15) is 6.04 Å². The van der Waals surface area contributed by atoms with Crippen LogP contribution in [0.4, 0.5) is 0 Å². The summed E-state index contributed by atoms with van der Waals surface area (Å²) in [4.78, 5) is 29.6. The Bertz CT molecular complexity index is 1380. The fourth-order valence-corrected chi connectivity index (χ4v) is 4.94. The first-order valence-corrected chi connectivity index (χ1v) is 11.0. The third kappa shape index (κ3) is 3.44. The molecule has 1 amide bonds. The third-order valence-corrected chi connectivity index (χ3v) is 6.50. The molecule has 3 heterocycles. The maximum Gasteiger partial charge on any atom is 0.258 e. The molecule has 1 aliphatic heterocycles. The Morgan fingerprint density at radius 1 is 1.06 bits per heavy atom. The van der Waals surface area contributed by atoms with Crippen molar-refractivity contribution in [1.29, 1.82) is 0 Å². The summed E-state index contributed by atoms with van der Waals surface area (Å²) in [7, 11) is 0. The van der Waals surface area contributed by atoms with Crippen molar-refractivity contribution in [3.63, 3.8) is 0 Å². The lowest BCUT2D eigenvalue weighted by Gasteiger charge is -2.23. The van der Waals surface area contributed by atoms with E-state index >= 15 is 0 Å². The van der Waals surface area contributed by atoms with E-state index in [-0.39, 0.29) is 17.5 Å². The molecule has 5 rings (SSSR count). The number of aromatic amines is 1. The maximum atomic E-state index is 13.3. The predicted octanol–water partition coefficient (Wildman–Crippen LogP) is 5.36. The van der Waals surface area contributed by atoms with Crippen LogP contribution in [0.1, 0.15) is 23.4 Å². The molecule has 0 spiro atoms. The van der Waals surface area contributed by atoms with Crippen molar-refractivity contribution >= 4 is 45.4 Å². The monoisotopic (exact) mass is 447 g/mol. The Morgan fingerprint density at radius 3 is 2.58 bits per heavy atom. The summed E-state index contributed by atoms with van der Waals surface area (Å²) in [6.45, 7) is 1.51. The lowest BCUT2D eigenvalue weighted by atomic mass is 9.94.